The summed E-state index contributed by atoms with van der Waals surface area (Å²) in [5.41, 5.74) is 11.2. The molecule has 0 bridgehead atoms. The fraction of sp³-hybridized carbons (Fsp3) is 0.0800. The van der Waals surface area contributed by atoms with Crippen molar-refractivity contribution < 1.29 is 24.6 Å². The number of phenolic OH excluding ortho intramolecular Hbond substituents is 2. The van der Waals surface area contributed by atoms with Crippen molar-refractivity contribution in [2.24, 2.45) is 20.5 Å². The van der Waals surface area contributed by atoms with Crippen LogP contribution in [0.2, 0.25) is 5.02 Å². The summed E-state index contributed by atoms with van der Waals surface area (Å²) >= 11 is 6.18. The fourth-order valence-electron chi connectivity index (χ4n) is 7.28. The van der Waals surface area contributed by atoms with Crippen LogP contribution in [-0.4, -0.2) is 29.0 Å². The molecule has 0 atom stereocenters. The minimum atomic E-state index is -0.392. The van der Waals surface area contributed by atoms with Crippen LogP contribution in [0.4, 0.5) is 28.4 Å². The number of hydrogen-bond donors (Lipinski definition) is 4. The van der Waals surface area contributed by atoms with Gasteiger partial charge in [-0.3, -0.25) is 19.9 Å². The molecule has 0 fully saturated rings. The lowest BCUT2D eigenvalue weighted by Crippen LogP contribution is -2.12. The summed E-state index contributed by atoms with van der Waals surface area (Å²) in [6, 6.07) is 44.6. The molecule has 0 saturated heterocycles. The van der Waals surface area contributed by atoms with Gasteiger partial charge in [0.05, 0.1) is 22.0 Å². The number of fused-ring (bicyclic) bond motifs is 5. The van der Waals surface area contributed by atoms with Crippen LogP contribution >= 0.6 is 11.6 Å². The minimum absolute atomic E-state index is 0.0192. The number of carbonyl (C=O) groups is 2. The number of nitrogens with zero attached hydrogens (tertiary/aromatic N) is 4. The van der Waals surface area contributed by atoms with Gasteiger partial charge in [-0.05, 0) is 95.9 Å². The van der Waals surface area contributed by atoms with Gasteiger partial charge in [0.25, 0.3) is 5.91 Å². The highest BCUT2D eigenvalue weighted by Crippen LogP contribution is 2.42. The number of nitrogens with one attached hydrogen (secondary N) is 2. The molecule has 0 aliphatic heterocycles. The van der Waals surface area contributed by atoms with Gasteiger partial charge in [-0.15, -0.1) is 5.11 Å². The number of ketones is 1. The third-order valence-electron chi connectivity index (χ3n) is 10.3. The van der Waals surface area contributed by atoms with Crippen molar-refractivity contribution in [1.29, 1.82) is 0 Å². The Kier molecular flexibility index (Phi) is 11.8. The lowest BCUT2D eigenvalue weighted by molar-refractivity contribution is 0.102. The van der Waals surface area contributed by atoms with Crippen molar-refractivity contribution in [2.45, 2.75) is 20.5 Å². The topological polar surface area (TPSA) is 157 Å². The Labute approximate surface area is 362 Å². The summed E-state index contributed by atoms with van der Waals surface area (Å²) in [4.78, 5) is 31.3. The molecule has 1 amide bonds. The molecule has 11 nitrogen and oxygen atoms in total. The van der Waals surface area contributed by atoms with Crippen LogP contribution in [0.1, 0.15) is 43.0 Å². The summed E-state index contributed by atoms with van der Waals surface area (Å²) < 4.78 is 0. The van der Waals surface area contributed by atoms with E-state index in [1.54, 1.807) is 30.3 Å². The molecule has 0 aromatic heterocycles. The Balaban J connectivity index is 0.000000190. The lowest BCUT2D eigenvalue weighted by Gasteiger charge is -2.12. The second-order valence-corrected chi connectivity index (χ2v) is 15.0. The number of aryl methyl sites for hydroxylation is 2. The number of halogens is 1. The standard InChI is InChI=1S/C31H22ClN3O3.C19H17N3O2/c1-18-10-12-23-24-13-11-21(16-26(24)31(37)25(23)14-18)33-34-29-22-7-3-2-6-19(22)15-20(30(29)36)17-38-35-28-9-5-4-8-27(28)32;1-12-6-5-8-14(10-12)21-19(24)16-11-13-7-3-4-9-15(13)17(18(16)23)22-20-2/h2-16,35-36H,17H2,1H3;3-11,23H,1-2H3,(H,21,24). The summed E-state index contributed by atoms with van der Waals surface area (Å²) in [5, 5.41) is 44.7. The average molecular weight is 839 g/mol. The molecule has 306 valence electrons. The first-order valence-corrected chi connectivity index (χ1v) is 20.0. The monoisotopic (exact) mass is 838 g/mol. The number of benzene rings is 8. The Bertz CT molecular complexity index is 3110. The number of phenols is 2. The Morgan fingerprint density at radius 3 is 2.02 bits per heavy atom. The first-order valence-electron chi connectivity index (χ1n) is 19.6. The third kappa shape index (κ3) is 8.48. The maximum atomic E-state index is 13.0. The number of anilines is 2. The number of carbonyl (C=O) groups excluding carboxylic acids is 2. The van der Waals surface area contributed by atoms with Gasteiger partial charge in [-0.2, -0.15) is 15.3 Å². The number of amides is 1. The maximum Gasteiger partial charge on any atom is 0.259 e. The molecular weight excluding hydrogens is 800 g/mol. The van der Waals surface area contributed by atoms with E-state index in [1.807, 2.05) is 129 Å². The van der Waals surface area contributed by atoms with Gasteiger partial charge < -0.3 is 15.5 Å². The van der Waals surface area contributed by atoms with Crippen LogP contribution in [0.5, 0.6) is 11.5 Å². The number of azo groups is 2. The summed E-state index contributed by atoms with van der Waals surface area (Å²) in [6.07, 6.45) is 0. The highest BCUT2D eigenvalue weighted by molar-refractivity contribution is 6.33. The summed E-state index contributed by atoms with van der Waals surface area (Å²) in [5.74, 6) is -0.622. The van der Waals surface area contributed by atoms with E-state index in [0.29, 0.717) is 50.1 Å². The van der Waals surface area contributed by atoms with E-state index in [1.165, 1.54) is 7.05 Å². The van der Waals surface area contributed by atoms with Crippen LogP contribution in [0.25, 0.3) is 32.7 Å². The predicted octanol–water partition coefficient (Wildman–Crippen LogP) is 13.5. The van der Waals surface area contributed by atoms with Crippen LogP contribution in [0.3, 0.4) is 0 Å². The molecule has 8 aromatic carbocycles. The van der Waals surface area contributed by atoms with Gasteiger partial charge in [-0.1, -0.05) is 108 Å². The Morgan fingerprint density at radius 1 is 0.645 bits per heavy atom. The molecule has 4 N–H and O–H groups in total. The summed E-state index contributed by atoms with van der Waals surface area (Å²) in [7, 11) is 1.52. The van der Waals surface area contributed by atoms with Crippen molar-refractivity contribution in [2.75, 3.05) is 17.8 Å². The minimum Gasteiger partial charge on any atom is -0.505 e. The number of aromatic hydroxyl groups is 2. The number of hydrogen-bond acceptors (Lipinski definition) is 10. The van der Waals surface area contributed by atoms with Crippen molar-refractivity contribution in [3.05, 3.63) is 184 Å². The SMILES string of the molecule is CN=Nc1c(O)c(C(=O)Nc2cccc(C)c2)cc2ccccc12.Cc1ccc2c(c1)C(=O)c1cc(N=Nc3c(O)c(CONc4ccccc4Cl)cc4ccccc34)ccc1-2. The number of rotatable bonds is 9. The normalized spacial score (nSPS) is 11.8. The van der Waals surface area contributed by atoms with E-state index >= 15 is 0 Å². The van der Waals surface area contributed by atoms with E-state index in [0.717, 1.165) is 43.8 Å². The Hall–Kier alpha value is -7.73. The van der Waals surface area contributed by atoms with Crippen molar-refractivity contribution in [3.63, 3.8) is 0 Å². The zero-order valence-electron chi connectivity index (χ0n) is 33.8. The highest BCUT2D eigenvalue weighted by Gasteiger charge is 2.27. The molecule has 0 unspecified atom stereocenters. The van der Waals surface area contributed by atoms with E-state index in [4.69, 9.17) is 16.4 Å². The molecule has 0 heterocycles. The molecular formula is C50H39ClN6O5. The zero-order valence-corrected chi connectivity index (χ0v) is 34.6. The smallest absolute Gasteiger partial charge is 0.259 e. The molecule has 0 radical (unpaired) electrons. The Morgan fingerprint density at radius 2 is 1.29 bits per heavy atom. The molecule has 62 heavy (non-hydrogen) atoms. The van der Waals surface area contributed by atoms with Gasteiger partial charge in [-0.25, -0.2) is 0 Å². The third-order valence-corrected chi connectivity index (χ3v) is 10.6. The molecule has 1 aliphatic rings. The molecule has 0 spiro atoms. The van der Waals surface area contributed by atoms with Crippen LogP contribution in [0, 0.1) is 13.8 Å². The lowest BCUT2D eigenvalue weighted by atomic mass is 10.0. The van der Waals surface area contributed by atoms with Gasteiger partial charge in [0.1, 0.15) is 23.7 Å². The van der Waals surface area contributed by atoms with Gasteiger partial charge in [0, 0.05) is 40.2 Å². The van der Waals surface area contributed by atoms with Crippen LogP contribution in [-0.2, 0) is 11.4 Å². The molecule has 1 aliphatic carbocycles. The molecule has 12 heteroatoms. The van der Waals surface area contributed by atoms with Crippen LogP contribution < -0.4 is 10.8 Å². The quantitative estimate of drug-likeness (QED) is 0.0837. The maximum absolute atomic E-state index is 13.0. The van der Waals surface area contributed by atoms with Crippen molar-refractivity contribution in [3.8, 4) is 22.6 Å². The number of para-hydroxylation sites is 1. The fourth-order valence-corrected chi connectivity index (χ4v) is 7.46. The highest BCUT2D eigenvalue weighted by atomic mass is 35.5. The van der Waals surface area contributed by atoms with Crippen LogP contribution in [0.15, 0.2) is 166 Å². The first kappa shape index (κ1) is 41.0. The molecule has 0 saturated carbocycles. The van der Waals surface area contributed by atoms with Crippen molar-refractivity contribution in [1.82, 2.24) is 0 Å². The zero-order chi connectivity index (χ0) is 43.3. The van der Waals surface area contributed by atoms with Gasteiger partial charge in [0.15, 0.2) is 11.5 Å². The largest absolute Gasteiger partial charge is 0.505 e. The van der Waals surface area contributed by atoms with E-state index in [9.17, 15) is 19.8 Å². The molecule has 9 rings (SSSR count). The van der Waals surface area contributed by atoms with Crippen molar-refractivity contribution >= 4 is 73.3 Å². The second-order valence-electron chi connectivity index (χ2n) is 14.6. The first-order chi connectivity index (χ1) is 30.1. The van der Waals surface area contributed by atoms with E-state index in [2.05, 4.69) is 31.3 Å². The van der Waals surface area contributed by atoms with Gasteiger partial charge >= 0.3 is 0 Å². The molecule has 8 aromatic rings. The average Bonchev–Trinajstić information content (AvgIpc) is 3.54. The summed E-state index contributed by atoms with van der Waals surface area (Å²) in [6.45, 7) is 3.98. The van der Waals surface area contributed by atoms with E-state index < -0.39 is 5.91 Å². The predicted molar refractivity (Wildman–Crippen MR) is 245 cm³/mol. The second kappa shape index (κ2) is 17.9. The van der Waals surface area contributed by atoms with E-state index in [-0.39, 0.29) is 29.5 Å². The van der Waals surface area contributed by atoms with Gasteiger partial charge in [0.2, 0.25) is 0 Å².